The van der Waals surface area contributed by atoms with Gasteiger partial charge in [0.15, 0.2) is 0 Å². The summed E-state index contributed by atoms with van der Waals surface area (Å²) in [6.07, 6.45) is -0.00593. The molecule has 0 aliphatic heterocycles. The Morgan fingerprint density at radius 3 is 2.74 bits per heavy atom. The monoisotopic (exact) mass is 277 g/mol. The third kappa shape index (κ3) is 3.62. The maximum absolute atomic E-state index is 10.9. The predicted octanol–water partition coefficient (Wildman–Crippen LogP) is 2.97. The lowest BCUT2D eigenvalue weighted by molar-refractivity contribution is -0.136. The van der Waals surface area contributed by atoms with Gasteiger partial charge in [0.25, 0.3) is 0 Å². The number of carboxylic acid groups (broad SMARTS) is 1. The first-order valence-electron chi connectivity index (χ1n) is 6.04. The Hall–Kier alpha value is -1.72. The van der Waals surface area contributed by atoms with Gasteiger partial charge in [-0.15, -0.1) is 11.3 Å². The number of hydrogen-bond donors (Lipinski definition) is 1. The fraction of sp³-hybridized carbons (Fsp3) is 0.286. The summed E-state index contributed by atoms with van der Waals surface area (Å²) in [5.41, 5.74) is 1.69. The van der Waals surface area contributed by atoms with E-state index in [0.717, 1.165) is 21.1 Å². The van der Waals surface area contributed by atoms with Crippen LogP contribution in [0, 0.1) is 0 Å². The molecule has 1 aromatic heterocycles. The van der Waals surface area contributed by atoms with Crippen LogP contribution in [0.1, 0.15) is 16.8 Å². The minimum atomic E-state index is -0.844. The predicted molar refractivity (Wildman–Crippen MR) is 74.2 cm³/mol. The Balaban J connectivity index is 2.33. The van der Waals surface area contributed by atoms with Gasteiger partial charge in [-0.3, -0.25) is 4.79 Å². The fourth-order valence-electron chi connectivity index (χ4n) is 1.73. The molecule has 0 bridgehead atoms. The van der Waals surface area contributed by atoms with Gasteiger partial charge in [0, 0.05) is 17.0 Å². The van der Waals surface area contributed by atoms with Crippen LogP contribution in [0.15, 0.2) is 30.3 Å². The molecule has 0 aliphatic rings. The molecular formula is C14H15NO3S. The number of carboxylic acids is 1. The standard InChI is InChI=1S/C14H15NO3S/c1-2-18-9-12-15-14(10-6-4-3-5-7-10)11(19-12)8-13(16)17/h3-7H,2,8-9H2,1H3,(H,16,17). The van der Waals surface area contributed by atoms with Crippen LogP contribution in [-0.2, 0) is 22.6 Å². The number of benzene rings is 1. The van der Waals surface area contributed by atoms with Gasteiger partial charge < -0.3 is 9.84 Å². The number of ether oxygens (including phenoxy) is 1. The van der Waals surface area contributed by atoms with Crippen LogP contribution in [0.4, 0.5) is 0 Å². The number of carbonyl (C=O) groups is 1. The molecular weight excluding hydrogens is 262 g/mol. The number of aromatic nitrogens is 1. The molecule has 0 aliphatic carbocycles. The van der Waals surface area contributed by atoms with E-state index in [9.17, 15) is 4.79 Å². The second-order valence-electron chi connectivity index (χ2n) is 3.95. The van der Waals surface area contributed by atoms with Crippen molar-refractivity contribution in [2.75, 3.05) is 6.61 Å². The zero-order valence-electron chi connectivity index (χ0n) is 10.6. The molecule has 0 radical (unpaired) electrons. The molecule has 1 heterocycles. The van der Waals surface area contributed by atoms with E-state index in [0.29, 0.717) is 13.2 Å². The summed E-state index contributed by atoms with van der Waals surface area (Å²) in [6, 6.07) is 9.63. The van der Waals surface area contributed by atoms with Gasteiger partial charge in [-0.1, -0.05) is 30.3 Å². The van der Waals surface area contributed by atoms with Crippen LogP contribution >= 0.6 is 11.3 Å². The van der Waals surface area contributed by atoms with Crippen molar-refractivity contribution in [1.82, 2.24) is 4.98 Å². The number of rotatable bonds is 6. The van der Waals surface area contributed by atoms with Crippen molar-refractivity contribution < 1.29 is 14.6 Å². The maximum atomic E-state index is 10.9. The van der Waals surface area contributed by atoms with Crippen molar-refractivity contribution in [2.45, 2.75) is 20.0 Å². The van der Waals surface area contributed by atoms with Crippen LogP contribution in [0.5, 0.6) is 0 Å². The molecule has 1 N–H and O–H groups in total. The second-order valence-corrected chi connectivity index (χ2v) is 5.12. The van der Waals surface area contributed by atoms with Crippen LogP contribution in [-0.4, -0.2) is 22.7 Å². The average molecular weight is 277 g/mol. The number of nitrogens with zero attached hydrogens (tertiary/aromatic N) is 1. The van der Waals surface area contributed by atoms with Crippen molar-refractivity contribution in [2.24, 2.45) is 0 Å². The molecule has 0 unspecified atom stereocenters. The first-order valence-corrected chi connectivity index (χ1v) is 6.86. The van der Waals surface area contributed by atoms with Crippen molar-refractivity contribution in [3.05, 3.63) is 40.2 Å². The zero-order valence-corrected chi connectivity index (χ0v) is 11.4. The molecule has 1 aromatic carbocycles. The highest BCUT2D eigenvalue weighted by Gasteiger charge is 2.15. The Kier molecular flexibility index (Phi) is 4.65. The smallest absolute Gasteiger partial charge is 0.308 e. The molecule has 0 saturated carbocycles. The summed E-state index contributed by atoms with van der Waals surface area (Å²) >= 11 is 1.41. The third-order valence-corrected chi connectivity index (χ3v) is 3.56. The molecule has 0 amide bonds. The van der Waals surface area contributed by atoms with E-state index in [1.807, 2.05) is 37.3 Å². The minimum absolute atomic E-state index is 0.00593. The Morgan fingerprint density at radius 2 is 2.11 bits per heavy atom. The lowest BCUT2D eigenvalue weighted by Gasteiger charge is -1.99. The molecule has 4 nitrogen and oxygen atoms in total. The summed E-state index contributed by atoms with van der Waals surface area (Å²) in [5, 5.41) is 9.79. The van der Waals surface area contributed by atoms with Crippen LogP contribution in [0.25, 0.3) is 11.3 Å². The summed E-state index contributed by atoms with van der Waals surface area (Å²) in [5.74, 6) is -0.844. The van der Waals surface area contributed by atoms with Crippen molar-refractivity contribution >= 4 is 17.3 Å². The van der Waals surface area contributed by atoms with Crippen LogP contribution in [0.2, 0.25) is 0 Å². The summed E-state index contributed by atoms with van der Waals surface area (Å²) in [4.78, 5) is 16.2. The molecule has 5 heteroatoms. The Bertz CT molecular complexity index is 551. The lowest BCUT2D eigenvalue weighted by atomic mass is 10.1. The summed E-state index contributed by atoms with van der Waals surface area (Å²) < 4.78 is 5.33. The SMILES string of the molecule is CCOCc1nc(-c2ccccc2)c(CC(=O)O)s1. The fourth-order valence-corrected chi connectivity index (χ4v) is 2.75. The van der Waals surface area contributed by atoms with Gasteiger partial charge in [-0.25, -0.2) is 4.98 Å². The molecule has 2 aromatic rings. The highest BCUT2D eigenvalue weighted by molar-refractivity contribution is 7.12. The van der Waals surface area contributed by atoms with Crippen LogP contribution < -0.4 is 0 Å². The van der Waals surface area contributed by atoms with E-state index >= 15 is 0 Å². The Morgan fingerprint density at radius 1 is 1.37 bits per heavy atom. The van der Waals surface area contributed by atoms with Gasteiger partial charge in [0.2, 0.25) is 0 Å². The number of thiazole rings is 1. The minimum Gasteiger partial charge on any atom is -0.481 e. The van der Waals surface area contributed by atoms with Gasteiger partial charge >= 0.3 is 5.97 Å². The van der Waals surface area contributed by atoms with E-state index < -0.39 is 5.97 Å². The molecule has 2 rings (SSSR count). The zero-order chi connectivity index (χ0) is 13.7. The maximum Gasteiger partial charge on any atom is 0.308 e. The van der Waals surface area contributed by atoms with Gasteiger partial charge in [-0.2, -0.15) is 0 Å². The number of aliphatic carboxylic acids is 1. The topological polar surface area (TPSA) is 59.4 Å². The highest BCUT2D eigenvalue weighted by atomic mass is 32.1. The van der Waals surface area contributed by atoms with Gasteiger partial charge in [-0.05, 0) is 6.92 Å². The Labute approximate surface area is 115 Å². The molecule has 0 saturated heterocycles. The molecule has 100 valence electrons. The van der Waals surface area contributed by atoms with Gasteiger partial charge in [0.05, 0.1) is 18.7 Å². The van der Waals surface area contributed by atoms with E-state index in [4.69, 9.17) is 9.84 Å². The first kappa shape index (κ1) is 13.7. The normalized spacial score (nSPS) is 10.6. The summed E-state index contributed by atoms with van der Waals surface area (Å²) in [6.45, 7) is 2.97. The molecule has 0 atom stereocenters. The van der Waals surface area contributed by atoms with Crippen molar-refractivity contribution in [1.29, 1.82) is 0 Å². The van der Waals surface area contributed by atoms with Gasteiger partial charge in [0.1, 0.15) is 5.01 Å². The van der Waals surface area contributed by atoms with Crippen molar-refractivity contribution in [3.63, 3.8) is 0 Å². The largest absolute Gasteiger partial charge is 0.481 e. The summed E-state index contributed by atoms with van der Waals surface area (Å²) in [7, 11) is 0. The second kappa shape index (κ2) is 6.45. The number of hydrogen-bond acceptors (Lipinski definition) is 4. The first-order chi connectivity index (χ1) is 9.20. The lowest BCUT2D eigenvalue weighted by Crippen LogP contribution is -1.99. The van der Waals surface area contributed by atoms with Crippen LogP contribution in [0.3, 0.4) is 0 Å². The molecule has 0 fully saturated rings. The van der Waals surface area contributed by atoms with E-state index in [2.05, 4.69) is 4.98 Å². The third-order valence-electron chi connectivity index (χ3n) is 2.53. The average Bonchev–Trinajstić information content (AvgIpc) is 2.79. The van der Waals surface area contributed by atoms with E-state index in [1.165, 1.54) is 11.3 Å². The van der Waals surface area contributed by atoms with Crippen molar-refractivity contribution in [3.8, 4) is 11.3 Å². The van der Waals surface area contributed by atoms with E-state index in [-0.39, 0.29) is 6.42 Å². The molecule has 19 heavy (non-hydrogen) atoms. The highest BCUT2D eigenvalue weighted by Crippen LogP contribution is 2.29. The van der Waals surface area contributed by atoms with E-state index in [1.54, 1.807) is 0 Å². The molecule has 0 spiro atoms. The quantitative estimate of drug-likeness (QED) is 0.882.